The summed E-state index contributed by atoms with van der Waals surface area (Å²) in [6.07, 6.45) is 0.502. The monoisotopic (exact) mass is 267 g/mol. The molecule has 0 aliphatic carbocycles. The number of aliphatic hydroxyl groups excluding tert-OH is 1. The van der Waals surface area contributed by atoms with Crippen molar-refractivity contribution < 1.29 is 14.3 Å². The van der Waals surface area contributed by atoms with Crippen molar-refractivity contribution >= 4 is 11.3 Å². The standard InChI is InChI=1S/C13H17NO3S/c1-16-8-13-9(5-7-18-13)11-2-3-12(17-11)10(14)4-6-15/h2-3,5,7,10,15H,4,6,8,14H2,1H3. The van der Waals surface area contributed by atoms with Crippen molar-refractivity contribution in [3.8, 4) is 11.3 Å². The summed E-state index contributed by atoms with van der Waals surface area (Å²) in [5, 5.41) is 10.9. The van der Waals surface area contributed by atoms with Crippen LogP contribution in [0.1, 0.15) is 23.1 Å². The predicted octanol–water partition coefficient (Wildman–Crippen LogP) is 2.54. The van der Waals surface area contributed by atoms with Crippen LogP contribution in [0, 0.1) is 0 Å². The van der Waals surface area contributed by atoms with Gasteiger partial charge in [0.05, 0.1) is 12.6 Å². The molecular weight excluding hydrogens is 250 g/mol. The topological polar surface area (TPSA) is 68.6 Å². The fourth-order valence-corrected chi connectivity index (χ4v) is 2.63. The summed E-state index contributed by atoms with van der Waals surface area (Å²) in [5.41, 5.74) is 6.94. The van der Waals surface area contributed by atoms with E-state index in [1.807, 2.05) is 23.6 Å². The number of methoxy groups -OCH3 is 1. The molecule has 0 bridgehead atoms. The maximum absolute atomic E-state index is 8.87. The van der Waals surface area contributed by atoms with Crippen LogP contribution in [-0.4, -0.2) is 18.8 Å². The van der Waals surface area contributed by atoms with Gasteiger partial charge in [-0.25, -0.2) is 0 Å². The van der Waals surface area contributed by atoms with E-state index in [4.69, 9.17) is 20.0 Å². The van der Waals surface area contributed by atoms with Crippen LogP contribution < -0.4 is 5.73 Å². The average Bonchev–Trinajstić information content (AvgIpc) is 2.97. The van der Waals surface area contributed by atoms with E-state index in [1.165, 1.54) is 0 Å². The molecule has 1 atom stereocenters. The molecule has 18 heavy (non-hydrogen) atoms. The van der Waals surface area contributed by atoms with Crippen LogP contribution in [0.4, 0.5) is 0 Å². The molecule has 98 valence electrons. The van der Waals surface area contributed by atoms with Gasteiger partial charge in [-0.15, -0.1) is 11.3 Å². The highest BCUT2D eigenvalue weighted by Gasteiger charge is 2.14. The zero-order valence-corrected chi connectivity index (χ0v) is 11.1. The zero-order valence-electron chi connectivity index (χ0n) is 10.3. The first kappa shape index (κ1) is 13.3. The second kappa shape index (κ2) is 6.15. The highest BCUT2D eigenvalue weighted by atomic mass is 32.1. The van der Waals surface area contributed by atoms with Crippen LogP contribution in [0.25, 0.3) is 11.3 Å². The van der Waals surface area contributed by atoms with Gasteiger partial charge in [-0.3, -0.25) is 0 Å². The maximum atomic E-state index is 8.87. The molecule has 2 heterocycles. The Balaban J connectivity index is 2.21. The van der Waals surface area contributed by atoms with E-state index >= 15 is 0 Å². The minimum Gasteiger partial charge on any atom is -0.459 e. The lowest BCUT2D eigenvalue weighted by Crippen LogP contribution is -2.10. The molecule has 0 saturated heterocycles. The first-order valence-electron chi connectivity index (χ1n) is 5.78. The minimum absolute atomic E-state index is 0.0601. The van der Waals surface area contributed by atoms with E-state index in [9.17, 15) is 0 Å². The fourth-order valence-electron chi connectivity index (χ4n) is 1.78. The Morgan fingerprint density at radius 1 is 1.44 bits per heavy atom. The summed E-state index contributed by atoms with van der Waals surface area (Å²) in [6, 6.07) is 5.53. The fraction of sp³-hybridized carbons (Fsp3) is 0.385. The average molecular weight is 267 g/mol. The molecule has 0 radical (unpaired) electrons. The highest BCUT2D eigenvalue weighted by molar-refractivity contribution is 7.10. The molecule has 0 aliphatic rings. The summed E-state index contributed by atoms with van der Waals surface area (Å²) < 4.78 is 10.9. The lowest BCUT2D eigenvalue weighted by atomic mass is 10.2. The Bertz CT molecular complexity index is 492. The van der Waals surface area contributed by atoms with E-state index in [1.54, 1.807) is 18.4 Å². The van der Waals surface area contributed by atoms with E-state index in [0.29, 0.717) is 18.8 Å². The van der Waals surface area contributed by atoms with Gasteiger partial charge in [0.2, 0.25) is 0 Å². The number of rotatable bonds is 6. The van der Waals surface area contributed by atoms with Gasteiger partial charge in [-0.1, -0.05) is 0 Å². The molecule has 0 amide bonds. The molecule has 0 spiro atoms. The zero-order chi connectivity index (χ0) is 13.0. The summed E-state index contributed by atoms with van der Waals surface area (Å²) >= 11 is 1.64. The Hall–Kier alpha value is -1.14. The molecule has 2 aromatic rings. The second-order valence-corrected chi connectivity index (χ2v) is 5.01. The molecule has 2 rings (SSSR count). The molecule has 0 fully saturated rings. The van der Waals surface area contributed by atoms with Crippen molar-refractivity contribution in [1.29, 1.82) is 0 Å². The largest absolute Gasteiger partial charge is 0.459 e. The Morgan fingerprint density at radius 3 is 3.00 bits per heavy atom. The van der Waals surface area contributed by atoms with Gasteiger partial charge in [0.1, 0.15) is 11.5 Å². The lowest BCUT2D eigenvalue weighted by molar-refractivity contribution is 0.188. The minimum atomic E-state index is -0.256. The summed E-state index contributed by atoms with van der Waals surface area (Å²) in [7, 11) is 1.67. The van der Waals surface area contributed by atoms with Gasteiger partial charge in [-0.2, -0.15) is 0 Å². The van der Waals surface area contributed by atoms with Gasteiger partial charge >= 0.3 is 0 Å². The van der Waals surface area contributed by atoms with Crippen LogP contribution >= 0.6 is 11.3 Å². The molecule has 2 aromatic heterocycles. The van der Waals surface area contributed by atoms with Gasteiger partial charge in [0.15, 0.2) is 0 Å². The number of hydrogen-bond donors (Lipinski definition) is 2. The molecule has 5 heteroatoms. The number of nitrogens with two attached hydrogens (primary N) is 1. The summed E-state index contributed by atoms with van der Waals surface area (Å²) in [6.45, 7) is 0.635. The van der Waals surface area contributed by atoms with Crippen LogP contribution in [0.3, 0.4) is 0 Å². The third-order valence-corrected chi connectivity index (χ3v) is 3.61. The normalized spacial score (nSPS) is 12.8. The lowest BCUT2D eigenvalue weighted by Gasteiger charge is -2.05. The Kier molecular flexibility index (Phi) is 4.54. The van der Waals surface area contributed by atoms with Crippen LogP contribution in [0.5, 0.6) is 0 Å². The van der Waals surface area contributed by atoms with Crippen LogP contribution in [-0.2, 0) is 11.3 Å². The van der Waals surface area contributed by atoms with Crippen molar-refractivity contribution in [2.24, 2.45) is 5.73 Å². The van der Waals surface area contributed by atoms with E-state index in [-0.39, 0.29) is 12.6 Å². The SMILES string of the molecule is COCc1sccc1-c1ccc(C(N)CCO)o1. The third-order valence-electron chi connectivity index (χ3n) is 2.72. The van der Waals surface area contributed by atoms with Crippen molar-refractivity contribution in [3.63, 3.8) is 0 Å². The van der Waals surface area contributed by atoms with Crippen LogP contribution in [0.15, 0.2) is 28.0 Å². The van der Waals surface area contributed by atoms with Gasteiger partial charge in [0, 0.05) is 24.2 Å². The Morgan fingerprint density at radius 2 is 2.28 bits per heavy atom. The molecule has 1 unspecified atom stereocenters. The van der Waals surface area contributed by atoms with E-state index < -0.39 is 0 Å². The van der Waals surface area contributed by atoms with E-state index in [2.05, 4.69) is 0 Å². The number of ether oxygens (including phenoxy) is 1. The number of hydrogen-bond acceptors (Lipinski definition) is 5. The first-order chi connectivity index (χ1) is 8.76. The van der Waals surface area contributed by atoms with Crippen molar-refractivity contribution in [1.82, 2.24) is 0 Å². The molecule has 3 N–H and O–H groups in total. The highest BCUT2D eigenvalue weighted by Crippen LogP contribution is 2.31. The van der Waals surface area contributed by atoms with Gasteiger partial charge in [-0.05, 0) is 30.0 Å². The van der Waals surface area contributed by atoms with E-state index in [0.717, 1.165) is 16.2 Å². The predicted molar refractivity (Wildman–Crippen MR) is 71.4 cm³/mol. The second-order valence-electron chi connectivity index (χ2n) is 4.01. The number of furan rings is 1. The number of aliphatic hydroxyl groups is 1. The molecule has 0 aliphatic heterocycles. The quantitative estimate of drug-likeness (QED) is 0.844. The molecule has 0 aromatic carbocycles. The smallest absolute Gasteiger partial charge is 0.135 e. The third kappa shape index (κ3) is 2.81. The van der Waals surface area contributed by atoms with Crippen molar-refractivity contribution in [3.05, 3.63) is 34.2 Å². The summed E-state index contributed by atoms with van der Waals surface area (Å²) in [5.74, 6) is 1.50. The Labute approximate surface area is 110 Å². The first-order valence-corrected chi connectivity index (χ1v) is 6.66. The summed E-state index contributed by atoms with van der Waals surface area (Å²) in [4.78, 5) is 1.13. The van der Waals surface area contributed by atoms with Crippen LogP contribution in [0.2, 0.25) is 0 Å². The van der Waals surface area contributed by atoms with Crippen molar-refractivity contribution in [2.75, 3.05) is 13.7 Å². The van der Waals surface area contributed by atoms with Crippen molar-refractivity contribution in [2.45, 2.75) is 19.1 Å². The van der Waals surface area contributed by atoms with Gasteiger partial charge in [0.25, 0.3) is 0 Å². The molecular formula is C13H17NO3S. The van der Waals surface area contributed by atoms with Gasteiger partial charge < -0.3 is 20.0 Å². The number of thiophene rings is 1. The maximum Gasteiger partial charge on any atom is 0.135 e. The molecule has 0 saturated carbocycles. The molecule has 4 nitrogen and oxygen atoms in total.